The highest BCUT2D eigenvalue weighted by atomic mass is 32.1. The Balaban J connectivity index is 2.08. The second-order valence-electron chi connectivity index (χ2n) is 2.98. The Kier molecular flexibility index (Phi) is 2.12. The summed E-state index contributed by atoms with van der Waals surface area (Å²) in [5, 5.41) is 0.565. The maximum absolute atomic E-state index is 5.50. The summed E-state index contributed by atoms with van der Waals surface area (Å²) in [6.07, 6.45) is 3.83. The van der Waals surface area contributed by atoms with Crippen molar-refractivity contribution in [2.45, 2.75) is 19.3 Å². The van der Waals surface area contributed by atoms with E-state index in [9.17, 15) is 0 Å². The van der Waals surface area contributed by atoms with Crippen molar-refractivity contribution in [3.63, 3.8) is 0 Å². The third-order valence-electron chi connectivity index (χ3n) is 2.07. The second-order valence-corrected chi connectivity index (χ2v) is 3.76. The van der Waals surface area contributed by atoms with Crippen molar-refractivity contribution in [1.29, 1.82) is 0 Å². The molecule has 5 heteroatoms. The van der Waals surface area contributed by atoms with E-state index in [0.29, 0.717) is 5.13 Å². The Labute approximate surface area is 75.6 Å². The number of rotatable bonds is 1. The first kappa shape index (κ1) is 7.79. The monoisotopic (exact) mass is 184 g/mol. The summed E-state index contributed by atoms with van der Waals surface area (Å²) in [5.74, 6) is 0.817. The van der Waals surface area contributed by atoms with Gasteiger partial charge < -0.3 is 10.6 Å². The van der Waals surface area contributed by atoms with Crippen molar-refractivity contribution < 1.29 is 0 Å². The number of hydrogen-bond donors (Lipinski definition) is 1. The zero-order chi connectivity index (χ0) is 8.39. The molecule has 12 heavy (non-hydrogen) atoms. The van der Waals surface area contributed by atoms with Gasteiger partial charge >= 0.3 is 0 Å². The summed E-state index contributed by atoms with van der Waals surface area (Å²) in [7, 11) is 0. The van der Waals surface area contributed by atoms with Gasteiger partial charge in [-0.05, 0) is 19.3 Å². The molecule has 0 radical (unpaired) electrons. The molecule has 1 aliphatic rings. The molecular weight excluding hydrogens is 172 g/mol. The van der Waals surface area contributed by atoms with E-state index in [-0.39, 0.29) is 0 Å². The van der Waals surface area contributed by atoms with Crippen LogP contribution in [0.4, 0.5) is 11.1 Å². The molecule has 1 aromatic heterocycles. The molecule has 1 aromatic rings. The average molecular weight is 184 g/mol. The van der Waals surface area contributed by atoms with Crippen molar-refractivity contribution in [2.24, 2.45) is 0 Å². The minimum atomic E-state index is 0.565. The van der Waals surface area contributed by atoms with Crippen LogP contribution in [0.1, 0.15) is 19.3 Å². The van der Waals surface area contributed by atoms with Crippen LogP contribution in [-0.2, 0) is 0 Å². The summed E-state index contributed by atoms with van der Waals surface area (Å²) in [4.78, 5) is 6.35. The largest absolute Gasteiger partial charge is 0.374 e. The lowest BCUT2D eigenvalue weighted by molar-refractivity contribution is 0.570. The quantitative estimate of drug-likeness (QED) is 0.710. The van der Waals surface area contributed by atoms with Gasteiger partial charge in [0.25, 0.3) is 0 Å². The minimum absolute atomic E-state index is 0.565. The number of nitrogens with zero attached hydrogens (tertiary/aromatic N) is 3. The Bertz CT molecular complexity index is 254. The maximum atomic E-state index is 5.50. The van der Waals surface area contributed by atoms with E-state index in [2.05, 4.69) is 14.3 Å². The zero-order valence-electron chi connectivity index (χ0n) is 6.86. The Morgan fingerprint density at radius 1 is 1.25 bits per heavy atom. The van der Waals surface area contributed by atoms with Crippen molar-refractivity contribution in [1.82, 2.24) is 9.36 Å². The molecule has 0 aliphatic carbocycles. The fourth-order valence-electron chi connectivity index (χ4n) is 1.45. The molecule has 4 nitrogen and oxygen atoms in total. The lowest BCUT2D eigenvalue weighted by Crippen LogP contribution is -2.30. The first-order valence-electron chi connectivity index (χ1n) is 4.20. The minimum Gasteiger partial charge on any atom is -0.374 e. The van der Waals surface area contributed by atoms with Crippen LogP contribution >= 0.6 is 11.5 Å². The lowest BCUT2D eigenvalue weighted by Gasteiger charge is -2.24. The molecule has 0 atom stereocenters. The smallest absolute Gasteiger partial charge is 0.239 e. The van der Waals surface area contributed by atoms with Crippen LogP contribution in [0.3, 0.4) is 0 Å². The number of hydrogen-bond acceptors (Lipinski definition) is 5. The van der Waals surface area contributed by atoms with Gasteiger partial charge in [0, 0.05) is 24.6 Å². The summed E-state index contributed by atoms with van der Waals surface area (Å²) < 4.78 is 4.17. The zero-order valence-corrected chi connectivity index (χ0v) is 7.68. The number of anilines is 2. The van der Waals surface area contributed by atoms with Gasteiger partial charge in [-0.3, -0.25) is 0 Å². The van der Waals surface area contributed by atoms with Crippen LogP contribution < -0.4 is 10.6 Å². The molecule has 0 saturated carbocycles. The second kappa shape index (κ2) is 3.26. The molecule has 1 aliphatic heterocycles. The number of nitrogen functional groups attached to an aromatic ring is 1. The summed E-state index contributed by atoms with van der Waals surface area (Å²) >= 11 is 1.27. The first-order chi connectivity index (χ1) is 5.86. The van der Waals surface area contributed by atoms with Crippen LogP contribution in [0, 0.1) is 0 Å². The van der Waals surface area contributed by atoms with Gasteiger partial charge in [-0.25, -0.2) is 0 Å². The maximum Gasteiger partial charge on any atom is 0.239 e. The molecule has 0 spiro atoms. The molecule has 2 N–H and O–H groups in total. The van der Waals surface area contributed by atoms with Crippen LogP contribution in [0.25, 0.3) is 0 Å². The van der Waals surface area contributed by atoms with E-state index >= 15 is 0 Å². The fourth-order valence-corrected chi connectivity index (χ4v) is 1.90. The first-order valence-corrected chi connectivity index (χ1v) is 4.98. The van der Waals surface area contributed by atoms with E-state index in [1.807, 2.05) is 0 Å². The topological polar surface area (TPSA) is 55.0 Å². The van der Waals surface area contributed by atoms with Gasteiger partial charge in [-0.2, -0.15) is 9.36 Å². The summed E-state index contributed by atoms with van der Waals surface area (Å²) in [6, 6.07) is 0. The van der Waals surface area contributed by atoms with Gasteiger partial charge in [0.15, 0.2) is 0 Å². The molecular formula is C7H12N4S. The summed E-state index contributed by atoms with van der Waals surface area (Å²) in [5.41, 5.74) is 5.50. The van der Waals surface area contributed by atoms with E-state index in [1.54, 1.807) is 0 Å². The molecule has 0 bridgehead atoms. The molecule has 1 fully saturated rings. The van der Waals surface area contributed by atoms with Crippen molar-refractivity contribution in [3.05, 3.63) is 0 Å². The van der Waals surface area contributed by atoms with Crippen molar-refractivity contribution >= 4 is 22.6 Å². The molecule has 0 amide bonds. The van der Waals surface area contributed by atoms with Crippen LogP contribution in [0.5, 0.6) is 0 Å². The van der Waals surface area contributed by atoms with E-state index < -0.39 is 0 Å². The Hall–Kier alpha value is -0.840. The van der Waals surface area contributed by atoms with Crippen molar-refractivity contribution in [2.75, 3.05) is 23.7 Å². The van der Waals surface area contributed by atoms with E-state index in [0.717, 1.165) is 19.0 Å². The van der Waals surface area contributed by atoms with E-state index in [1.165, 1.54) is 30.8 Å². The molecule has 66 valence electrons. The Morgan fingerprint density at radius 2 is 2.00 bits per heavy atom. The predicted molar refractivity (Wildman–Crippen MR) is 50.4 cm³/mol. The molecule has 0 aromatic carbocycles. The molecule has 0 unspecified atom stereocenters. The number of aromatic nitrogens is 2. The van der Waals surface area contributed by atoms with Crippen molar-refractivity contribution in [3.8, 4) is 0 Å². The molecule has 2 rings (SSSR count). The average Bonchev–Trinajstić information content (AvgIpc) is 2.54. The molecule has 2 heterocycles. The third kappa shape index (κ3) is 1.50. The highest BCUT2D eigenvalue weighted by Gasteiger charge is 2.14. The highest BCUT2D eigenvalue weighted by Crippen LogP contribution is 2.18. The van der Waals surface area contributed by atoms with Gasteiger partial charge in [0.05, 0.1) is 0 Å². The van der Waals surface area contributed by atoms with Crippen LogP contribution in [-0.4, -0.2) is 22.4 Å². The summed E-state index contributed by atoms with van der Waals surface area (Å²) in [6.45, 7) is 2.16. The van der Waals surface area contributed by atoms with Crippen LogP contribution in [0.2, 0.25) is 0 Å². The molecule has 1 saturated heterocycles. The fraction of sp³-hybridized carbons (Fsp3) is 0.714. The Morgan fingerprint density at radius 3 is 2.58 bits per heavy atom. The van der Waals surface area contributed by atoms with Gasteiger partial charge in [-0.1, -0.05) is 0 Å². The predicted octanol–water partition coefficient (Wildman–Crippen LogP) is 1.11. The van der Waals surface area contributed by atoms with Crippen LogP contribution in [0.15, 0.2) is 0 Å². The number of piperidine rings is 1. The standard InChI is InChI=1S/C7H12N4S/c8-6-9-7(10-12-6)11-4-2-1-3-5-11/h1-5H2,(H2,8,9,10). The SMILES string of the molecule is Nc1nc(N2CCCCC2)ns1. The number of nitrogens with two attached hydrogens (primary N) is 1. The van der Waals surface area contributed by atoms with Gasteiger partial charge in [0.2, 0.25) is 11.1 Å². The van der Waals surface area contributed by atoms with E-state index in [4.69, 9.17) is 5.73 Å². The third-order valence-corrected chi connectivity index (χ3v) is 2.60. The highest BCUT2D eigenvalue weighted by molar-refractivity contribution is 7.09. The normalized spacial score (nSPS) is 18.2. The lowest BCUT2D eigenvalue weighted by atomic mass is 10.1. The van der Waals surface area contributed by atoms with Gasteiger partial charge in [-0.15, -0.1) is 0 Å². The van der Waals surface area contributed by atoms with Gasteiger partial charge in [0.1, 0.15) is 0 Å².